The first-order valence-corrected chi connectivity index (χ1v) is 11.6. The van der Waals surface area contributed by atoms with Gasteiger partial charge < -0.3 is 10.5 Å². The second-order valence-electron chi connectivity index (χ2n) is 10.00. The molecular weight excluding hydrogens is 382 g/mol. The molecule has 2 aromatic carbocycles. The molecule has 0 bridgehead atoms. The van der Waals surface area contributed by atoms with Gasteiger partial charge in [0, 0.05) is 18.8 Å². The molecule has 1 aliphatic heterocycles. The molecule has 31 heavy (non-hydrogen) atoms. The number of hydrogen-bond acceptors (Lipinski definition) is 3. The molecule has 2 N–H and O–H groups in total. The van der Waals surface area contributed by atoms with E-state index in [-0.39, 0.29) is 23.2 Å². The second-order valence-corrected chi connectivity index (χ2v) is 10.00. The molecule has 0 spiro atoms. The Labute approximate surface area is 183 Å². The first-order chi connectivity index (χ1) is 15.1. The fourth-order valence-electron chi connectivity index (χ4n) is 6.51. The quantitative estimate of drug-likeness (QED) is 0.717. The standard InChI is InChI=1S/C28H29NO2/c1-28-11-10-21-15-22-25(30)12-17(16-29)13-26(22)31-27(21)24(28)9-8-23(28)20-7-6-18-4-2-3-5-19(18)14-20/h2-7,10-11,14-15,17,23-24,27H,8-9,12-13,16,29H2,1H3/t17?,23-,24+,27-,28-/m1/s1. The van der Waals surface area contributed by atoms with Crippen molar-refractivity contribution < 1.29 is 9.53 Å². The van der Waals surface area contributed by atoms with Crippen LogP contribution in [-0.4, -0.2) is 18.4 Å². The van der Waals surface area contributed by atoms with Crippen LogP contribution < -0.4 is 5.73 Å². The van der Waals surface area contributed by atoms with Gasteiger partial charge in [0.25, 0.3) is 0 Å². The van der Waals surface area contributed by atoms with Crippen molar-refractivity contribution in [3.8, 4) is 0 Å². The summed E-state index contributed by atoms with van der Waals surface area (Å²) in [5, 5.41) is 2.60. The topological polar surface area (TPSA) is 52.3 Å². The van der Waals surface area contributed by atoms with E-state index in [4.69, 9.17) is 10.5 Å². The molecule has 3 aliphatic carbocycles. The molecule has 0 aromatic heterocycles. The summed E-state index contributed by atoms with van der Waals surface area (Å²) in [5.41, 5.74) is 9.32. The summed E-state index contributed by atoms with van der Waals surface area (Å²) < 4.78 is 6.61. The van der Waals surface area contributed by atoms with Gasteiger partial charge in [0.2, 0.25) is 0 Å². The second kappa shape index (κ2) is 6.93. The molecule has 1 heterocycles. The number of allylic oxidation sites excluding steroid dienone is 4. The van der Waals surface area contributed by atoms with Crippen LogP contribution in [0.1, 0.15) is 44.1 Å². The van der Waals surface area contributed by atoms with E-state index >= 15 is 0 Å². The average molecular weight is 412 g/mol. The van der Waals surface area contributed by atoms with Crippen LogP contribution in [0, 0.1) is 17.3 Å². The zero-order valence-electron chi connectivity index (χ0n) is 18.0. The monoisotopic (exact) mass is 411 g/mol. The Kier molecular flexibility index (Phi) is 4.26. The summed E-state index contributed by atoms with van der Waals surface area (Å²) in [6, 6.07) is 15.5. The molecule has 1 saturated carbocycles. The van der Waals surface area contributed by atoms with E-state index in [2.05, 4.69) is 67.6 Å². The number of Topliss-reactive ketones (excluding diaryl/α,β-unsaturated/α-hetero) is 1. The molecule has 0 radical (unpaired) electrons. The lowest BCUT2D eigenvalue weighted by Gasteiger charge is -2.45. The molecule has 4 aliphatic rings. The van der Waals surface area contributed by atoms with Crippen LogP contribution in [0.25, 0.3) is 10.8 Å². The highest BCUT2D eigenvalue weighted by molar-refractivity contribution is 6.00. The number of nitrogens with two attached hydrogens (primary N) is 1. The fourth-order valence-corrected chi connectivity index (χ4v) is 6.51. The molecule has 0 saturated heterocycles. The molecule has 1 unspecified atom stereocenters. The molecule has 2 aromatic rings. The number of ketones is 1. The first-order valence-electron chi connectivity index (χ1n) is 11.6. The van der Waals surface area contributed by atoms with Crippen molar-refractivity contribution in [3.63, 3.8) is 0 Å². The highest BCUT2D eigenvalue weighted by Gasteiger charge is 2.53. The van der Waals surface area contributed by atoms with Crippen LogP contribution in [0.15, 0.2) is 77.6 Å². The van der Waals surface area contributed by atoms with E-state index in [1.165, 1.54) is 21.9 Å². The van der Waals surface area contributed by atoms with Crippen molar-refractivity contribution in [1.82, 2.24) is 0 Å². The Hall–Kier alpha value is -2.65. The van der Waals surface area contributed by atoms with E-state index < -0.39 is 0 Å². The molecule has 6 rings (SSSR count). The number of hydrogen-bond donors (Lipinski definition) is 1. The van der Waals surface area contributed by atoms with Crippen LogP contribution in [0.4, 0.5) is 0 Å². The number of benzene rings is 2. The maximum Gasteiger partial charge on any atom is 0.166 e. The lowest BCUT2D eigenvalue weighted by molar-refractivity contribution is -0.117. The van der Waals surface area contributed by atoms with Crippen LogP contribution in [0.3, 0.4) is 0 Å². The highest BCUT2D eigenvalue weighted by Crippen LogP contribution is 2.59. The largest absolute Gasteiger partial charge is 0.489 e. The van der Waals surface area contributed by atoms with Crippen molar-refractivity contribution >= 4 is 16.6 Å². The van der Waals surface area contributed by atoms with Gasteiger partial charge in [-0.25, -0.2) is 0 Å². The van der Waals surface area contributed by atoms with Gasteiger partial charge >= 0.3 is 0 Å². The van der Waals surface area contributed by atoms with Crippen molar-refractivity contribution in [2.24, 2.45) is 23.0 Å². The Morgan fingerprint density at radius 3 is 2.77 bits per heavy atom. The number of ether oxygens (including phenoxy) is 1. The van der Waals surface area contributed by atoms with Crippen LogP contribution in [-0.2, 0) is 9.53 Å². The highest BCUT2D eigenvalue weighted by atomic mass is 16.5. The van der Waals surface area contributed by atoms with Crippen LogP contribution in [0.5, 0.6) is 0 Å². The smallest absolute Gasteiger partial charge is 0.166 e. The zero-order valence-corrected chi connectivity index (χ0v) is 18.0. The Morgan fingerprint density at radius 2 is 1.94 bits per heavy atom. The van der Waals surface area contributed by atoms with Crippen LogP contribution >= 0.6 is 0 Å². The van der Waals surface area contributed by atoms with Gasteiger partial charge in [-0.1, -0.05) is 61.5 Å². The summed E-state index contributed by atoms with van der Waals surface area (Å²) in [6.07, 6.45) is 10.4. The Balaban J connectivity index is 1.35. The van der Waals surface area contributed by atoms with Crippen molar-refractivity contribution in [2.45, 2.75) is 44.6 Å². The average Bonchev–Trinajstić information content (AvgIpc) is 3.15. The Morgan fingerprint density at radius 1 is 1.10 bits per heavy atom. The third-order valence-corrected chi connectivity index (χ3v) is 8.28. The minimum absolute atomic E-state index is 0.0449. The van der Waals surface area contributed by atoms with E-state index in [1.54, 1.807) is 0 Å². The lowest BCUT2D eigenvalue weighted by Crippen LogP contribution is -2.41. The van der Waals surface area contributed by atoms with E-state index in [0.717, 1.165) is 30.6 Å². The number of rotatable bonds is 2. The van der Waals surface area contributed by atoms with Gasteiger partial charge in [0.1, 0.15) is 11.9 Å². The lowest BCUT2D eigenvalue weighted by atomic mass is 9.64. The Bertz CT molecular complexity index is 1170. The predicted molar refractivity (Wildman–Crippen MR) is 123 cm³/mol. The van der Waals surface area contributed by atoms with E-state index in [1.807, 2.05) is 0 Å². The molecule has 5 atom stereocenters. The number of carbonyl (C=O) groups excluding carboxylic acids is 1. The van der Waals surface area contributed by atoms with E-state index in [0.29, 0.717) is 24.8 Å². The molecule has 1 fully saturated rings. The SMILES string of the molecule is C[C@]12C=CC3=CC4=C(CC(CN)CC4=O)O[C@H]3[C@@H]1CC[C@@H]2c1ccc2ccccc2c1. The number of carbonyl (C=O) groups is 1. The maximum atomic E-state index is 12.6. The van der Waals surface area contributed by atoms with Gasteiger partial charge in [0.15, 0.2) is 5.78 Å². The summed E-state index contributed by atoms with van der Waals surface area (Å²) in [7, 11) is 0. The third-order valence-electron chi connectivity index (χ3n) is 8.28. The summed E-state index contributed by atoms with van der Waals surface area (Å²) in [6.45, 7) is 2.94. The van der Waals surface area contributed by atoms with Gasteiger partial charge in [-0.2, -0.15) is 0 Å². The number of fused-ring (bicyclic) bond motifs is 4. The molecule has 3 nitrogen and oxygen atoms in total. The summed E-state index contributed by atoms with van der Waals surface area (Å²) in [4.78, 5) is 12.6. The van der Waals surface area contributed by atoms with Gasteiger partial charge in [0.05, 0.1) is 5.57 Å². The summed E-state index contributed by atoms with van der Waals surface area (Å²) >= 11 is 0. The molecular formula is C28H29NO2. The minimum Gasteiger partial charge on any atom is -0.489 e. The molecule has 0 amide bonds. The third kappa shape index (κ3) is 2.86. The van der Waals surface area contributed by atoms with Crippen molar-refractivity contribution in [2.75, 3.05) is 6.54 Å². The maximum absolute atomic E-state index is 12.6. The zero-order chi connectivity index (χ0) is 21.2. The van der Waals surface area contributed by atoms with Crippen LogP contribution in [0.2, 0.25) is 0 Å². The normalized spacial score (nSPS) is 34.1. The molecule has 158 valence electrons. The van der Waals surface area contributed by atoms with Crippen molar-refractivity contribution in [1.29, 1.82) is 0 Å². The predicted octanol–water partition coefficient (Wildman–Crippen LogP) is 5.43. The first kappa shape index (κ1) is 19.1. The van der Waals surface area contributed by atoms with Crippen molar-refractivity contribution in [3.05, 3.63) is 83.2 Å². The minimum atomic E-state index is 0.0449. The van der Waals surface area contributed by atoms with Gasteiger partial charge in [-0.3, -0.25) is 4.79 Å². The molecule has 3 heteroatoms. The van der Waals surface area contributed by atoms with Gasteiger partial charge in [-0.15, -0.1) is 0 Å². The summed E-state index contributed by atoms with van der Waals surface area (Å²) in [5.74, 6) is 2.17. The van der Waals surface area contributed by atoms with E-state index in [9.17, 15) is 4.79 Å². The fraction of sp³-hybridized carbons (Fsp3) is 0.393. The van der Waals surface area contributed by atoms with Gasteiger partial charge in [-0.05, 0) is 64.6 Å².